The molecule has 1 aromatic carbocycles. The lowest BCUT2D eigenvalue weighted by atomic mass is 10.2. The Morgan fingerprint density at radius 3 is 2.36 bits per heavy atom. The molecule has 28 heavy (non-hydrogen) atoms. The van der Waals surface area contributed by atoms with Crippen LogP contribution in [0.5, 0.6) is 0 Å². The Hall–Kier alpha value is -2.38. The van der Waals surface area contributed by atoms with E-state index in [1.165, 1.54) is 10.2 Å². The third-order valence-electron chi connectivity index (χ3n) is 4.32. The third kappa shape index (κ3) is 5.81. The predicted molar refractivity (Wildman–Crippen MR) is 113 cm³/mol. The van der Waals surface area contributed by atoms with Gasteiger partial charge in [-0.05, 0) is 43.2 Å². The Morgan fingerprint density at radius 2 is 1.82 bits per heavy atom. The van der Waals surface area contributed by atoms with Gasteiger partial charge in [0.2, 0.25) is 6.41 Å². The van der Waals surface area contributed by atoms with Crippen LogP contribution >= 0.6 is 23.2 Å². The van der Waals surface area contributed by atoms with Crippen molar-refractivity contribution in [2.75, 3.05) is 31.1 Å². The van der Waals surface area contributed by atoms with Crippen LogP contribution < -0.4 is 10.4 Å². The zero-order valence-electron chi connectivity index (χ0n) is 16.0. The van der Waals surface area contributed by atoms with E-state index in [4.69, 9.17) is 34.0 Å². The second-order valence-electron chi connectivity index (χ2n) is 6.30. The summed E-state index contributed by atoms with van der Waals surface area (Å²) < 4.78 is 1.29. The van der Waals surface area contributed by atoms with Crippen molar-refractivity contribution < 1.29 is 4.79 Å². The molecule has 0 saturated carbocycles. The molecule has 1 saturated heterocycles. The van der Waals surface area contributed by atoms with Crippen LogP contribution in [-0.2, 0) is 11.2 Å². The van der Waals surface area contributed by atoms with Crippen molar-refractivity contribution in [1.82, 2.24) is 14.7 Å². The summed E-state index contributed by atoms with van der Waals surface area (Å²) in [6.07, 6.45) is 1.86. The molecule has 1 aliphatic rings. The monoisotopic (exact) mass is 422 g/mol. The van der Waals surface area contributed by atoms with E-state index in [0.29, 0.717) is 23.1 Å². The van der Waals surface area contributed by atoms with E-state index in [1.54, 1.807) is 24.0 Å². The Bertz CT molecular complexity index is 890. The number of nitrogens with one attached hydrogen (secondary N) is 2. The van der Waals surface area contributed by atoms with Gasteiger partial charge in [-0.3, -0.25) is 15.6 Å². The van der Waals surface area contributed by atoms with Crippen LogP contribution in [0.2, 0.25) is 10.0 Å². The SMILES string of the molecule is CC(=N)n1nc(N2CCN(C=O)CC2)ccc1=N.CCc1ccc(Cl)c(Cl)c1. The maximum absolute atomic E-state index is 10.6. The molecule has 3 rings (SSSR count). The average Bonchev–Trinajstić information content (AvgIpc) is 2.71. The largest absolute Gasteiger partial charge is 0.352 e. The fourth-order valence-electron chi connectivity index (χ4n) is 2.65. The van der Waals surface area contributed by atoms with E-state index < -0.39 is 0 Å². The number of halogens is 2. The Morgan fingerprint density at radius 1 is 1.14 bits per heavy atom. The lowest BCUT2D eigenvalue weighted by molar-refractivity contribution is -0.118. The van der Waals surface area contributed by atoms with Crippen molar-refractivity contribution in [3.05, 3.63) is 51.4 Å². The minimum atomic E-state index is 0.192. The zero-order valence-corrected chi connectivity index (χ0v) is 17.5. The highest BCUT2D eigenvalue weighted by molar-refractivity contribution is 6.42. The number of hydrogen-bond acceptors (Lipinski definition) is 5. The molecule has 0 aliphatic carbocycles. The topological polar surface area (TPSA) is 89.1 Å². The van der Waals surface area contributed by atoms with E-state index in [2.05, 4.69) is 16.9 Å². The summed E-state index contributed by atoms with van der Waals surface area (Å²) in [5, 5.41) is 20.8. The van der Waals surface area contributed by atoms with Gasteiger partial charge in [0.25, 0.3) is 0 Å². The van der Waals surface area contributed by atoms with E-state index in [-0.39, 0.29) is 11.3 Å². The molecule has 150 valence electrons. The number of benzene rings is 1. The van der Waals surface area contributed by atoms with Crippen LogP contribution in [0.1, 0.15) is 19.4 Å². The van der Waals surface area contributed by atoms with Crippen molar-refractivity contribution in [3.8, 4) is 0 Å². The molecule has 1 aliphatic heterocycles. The third-order valence-corrected chi connectivity index (χ3v) is 5.06. The summed E-state index contributed by atoms with van der Waals surface area (Å²) in [5.74, 6) is 0.955. The molecular weight excluding hydrogens is 399 g/mol. The molecule has 1 aromatic heterocycles. The van der Waals surface area contributed by atoms with Gasteiger partial charge in [0.1, 0.15) is 17.1 Å². The number of aromatic nitrogens is 2. The van der Waals surface area contributed by atoms with Crippen molar-refractivity contribution in [3.63, 3.8) is 0 Å². The van der Waals surface area contributed by atoms with Crippen LogP contribution in [0.15, 0.2) is 30.3 Å². The van der Waals surface area contributed by atoms with Crippen molar-refractivity contribution >= 4 is 41.3 Å². The number of rotatable bonds is 3. The first-order valence-electron chi connectivity index (χ1n) is 8.94. The minimum Gasteiger partial charge on any atom is -0.352 e. The highest BCUT2D eigenvalue weighted by Gasteiger charge is 2.17. The van der Waals surface area contributed by atoms with Crippen LogP contribution in [-0.4, -0.2) is 53.1 Å². The van der Waals surface area contributed by atoms with Crippen LogP contribution in [0.4, 0.5) is 5.82 Å². The number of amides is 1. The smallest absolute Gasteiger partial charge is 0.209 e. The number of aryl methyl sites for hydroxylation is 1. The Kier molecular flexibility index (Phi) is 8.02. The molecule has 2 heterocycles. The van der Waals surface area contributed by atoms with E-state index in [1.807, 2.05) is 18.2 Å². The molecule has 2 aromatic rings. The summed E-state index contributed by atoms with van der Waals surface area (Å²) in [6, 6.07) is 9.10. The van der Waals surface area contributed by atoms with Gasteiger partial charge in [-0.2, -0.15) is 0 Å². The highest BCUT2D eigenvalue weighted by atomic mass is 35.5. The summed E-state index contributed by atoms with van der Waals surface area (Å²) in [7, 11) is 0. The standard InChI is InChI=1S/C11H16N6O.C8H8Cl2/c1-9(12)17-10(13)2-3-11(14-17)16-6-4-15(8-18)5-7-16;1-2-6-3-4-7(9)8(10)5-6/h2-3,8,12-13H,4-7H2,1H3;3-5H,2H2,1H3. The van der Waals surface area contributed by atoms with Crippen molar-refractivity contribution in [2.24, 2.45) is 0 Å². The number of carbonyl (C=O) groups is 1. The fourth-order valence-corrected chi connectivity index (χ4v) is 2.97. The fraction of sp³-hybridized carbons (Fsp3) is 0.368. The summed E-state index contributed by atoms with van der Waals surface area (Å²) in [4.78, 5) is 14.4. The highest BCUT2D eigenvalue weighted by Crippen LogP contribution is 2.22. The molecule has 0 atom stereocenters. The number of anilines is 1. The van der Waals surface area contributed by atoms with E-state index in [0.717, 1.165) is 31.7 Å². The van der Waals surface area contributed by atoms with Crippen LogP contribution in [0.25, 0.3) is 0 Å². The average molecular weight is 423 g/mol. The first kappa shape index (κ1) is 21.9. The second kappa shape index (κ2) is 10.2. The summed E-state index contributed by atoms with van der Waals surface area (Å²) in [5.41, 5.74) is 1.41. The molecule has 0 bridgehead atoms. The van der Waals surface area contributed by atoms with Gasteiger partial charge in [0.05, 0.1) is 10.0 Å². The van der Waals surface area contributed by atoms with Gasteiger partial charge < -0.3 is 9.80 Å². The lowest BCUT2D eigenvalue weighted by Gasteiger charge is -2.33. The van der Waals surface area contributed by atoms with Crippen molar-refractivity contribution in [1.29, 1.82) is 10.8 Å². The quantitative estimate of drug-likeness (QED) is 0.452. The lowest BCUT2D eigenvalue weighted by Crippen LogP contribution is -2.46. The number of hydrogen-bond donors (Lipinski definition) is 2. The maximum atomic E-state index is 10.6. The maximum Gasteiger partial charge on any atom is 0.209 e. The van der Waals surface area contributed by atoms with E-state index >= 15 is 0 Å². The van der Waals surface area contributed by atoms with Gasteiger partial charge in [-0.15, -0.1) is 5.10 Å². The molecule has 1 fully saturated rings. The van der Waals surface area contributed by atoms with Gasteiger partial charge in [-0.1, -0.05) is 36.2 Å². The molecule has 2 N–H and O–H groups in total. The summed E-state index contributed by atoms with van der Waals surface area (Å²) in [6.45, 7) is 6.48. The molecule has 9 heteroatoms. The van der Waals surface area contributed by atoms with Gasteiger partial charge in [0, 0.05) is 26.2 Å². The molecule has 0 radical (unpaired) electrons. The van der Waals surface area contributed by atoms with E-state index in [9.17, 15) is 4.79 Å². The second-order valence-corrected chi connectivity index (χ2v) is 7.12. The predicted octanol–water partition coefficient (Wildman–Crippen LogP) is 3.04. The first-order chi connectivity index (χ1) is 13.3. The number of carbonyl (C=O) groups excluding carboxylic acids is 1. The van der Waals surface area contributed by atoms with Gasteiger partial charge in [0.15, 0.2) is 0 Å². The number of nitrogens with zero attached hydrogens (tertiary/aromatic N) is 4. The van der Waals surface area contributed by atoms with Crippen molar-refractivity contribution in [2.45, 2.75) is 20.3 Å². The minimum absolute atomic E-state index is 0.192. The number of piperazine rings is 1. The molecule has 7 nitrogen and oxygen atoms in total. The van der Waals surface area contributed by atoms with Crippen LogP contribution in [0.3, 0.4) is 0 Å². The normalized spacial score (nSPS) is 13.6. The first-order valence-corrected chi connectivity index (χ1v) is 9.70. The molecular formula is C19H24Cl2N6O. The molecule has 0 spiro atoms. The zero-order chi connectivity index (χ0) is 20.7. The van der Waals surface area contributed by atoms with Gasteiger partial charge >= 0.3 is 0 Å². The Balaban J connectivity index is 0.000000237. The van der Waals surface area contributed by atoms with Gasteiger partial charge in [-0.25, -0.2) is 4.68 Å². The summed E-state index contributed by atoms with van der Waals surface area (Å²) >= 11 is 11.5. The molecule has 0 unspecified atom stereocenters. The van der Waals surface area contributed by atoms with Crippen LogP contribution in [0, 0.1) is 10.8 Å². The molecule has 1 amide bonds. The Labute approximate surface area is 174 Å².